The lowest BCUT2D eigenvalue weighted by Gasteiger charge is -2.32. The number of hydrogen-bond donors (Lipinski definition) is 1. The molecule has 2 N–H and O–H groups in total. The number of piperazine rings is 1. The number of hydrogen-bond acceptors (Lipinski definition) is 4. The minimum absolute atomic E-state index is 0.190. The molecule has 0 aliphatic carbocycles. The van der Waals surface area contributed by atoms with Crippen molar-refractivity contribution in [1.29, 1.82) is 0 Å². The van der Waals surface area contributed by atoms with Crippen molar-refractivity contribution in [3.63, 3.8) is 0 Å². The Hall–Kier alpha value is -1.10. The van der Waals surface area contributed by atoms with E-state index in [1.165, 1.54) is 5.56 Å². The van der Waals surface area contributed by atoms with Crippen LogP contribution in [0.1, 0.15) is 12.5 Å². The zero-order valence-corrected chi connectivity index (χ0v) is 12.7. The zero-order chi connectivity index (χ0) is 14.4. The third kappa shape index (κ3) is 5.12. The van der Waals surface area contributed by atoms with Gasteiger partial charge in [0.1, 0.15) is 12.4 Å². The fourth-order valence-corrected chi connectivity index (χ4v) is 2.50. The van der Waals surface area contributed by atoms with Crippen LogP contribution in [0.15, 0.2) is 24.3 Å². The standard InChI is InChI=1S/C16H27N3O/c1-14(17)12-15-4-3-5-16(13-15)20-11-10-19-8-6-18(2)7-9-19/h3-5,13-14H,6-12,17H2,1-2H3. The van der Waals surface area contributed by atoms with E-state index in [1.54, 1.807) is 0 Å². The molecule has 0 aromatic heterocycles. The lowest BCUT2D eigenvalue weighted by molar-refractivity contribution is 0.133. The first-order valence-electron chi connectivity index (χ1n) is 7.52. The highest BCUT2D eigenvalue weighted by atomic mass is 16.5. The molecule has 4 nitrogen and oxygen atoms in total. The Morgan fingerprint density at radius 1 is 1.25 bits per heavy atom. The summed E-state index contributed by atoms with van der Waals surface area (Å²) in [6, 6.07) is 8.47. The van der Waals surface area contributed by atoms with Crippen molar-refractivity contribution in [2.75, 3.05) is 46.4 Å². The molecule has 1 aromatic carbocycles. The van der Waals surface area contributed by atoms with Crippen LogP contribution in [0.5, 0.6) is 5.75 Å². The summed E-state index contributed by atoms with van der Waals surface area (Å²) in [7, 11) is 2.18. The van der Waals surface area contributed by atoms with Crippen LogP contribution in [0.2, 0.25) is 0 Å². The highest BCUT2D eigenvalue weighted by Gasteiger charge is 2.13. The van der Waals surface area contributed by atoms with E-state index in [1.807, 2.05) is 19.1 Å². The number of rotatable bonds is 6. The third-order valence-corrected chi connectivity index (χ3v) is 3.73. The van der Waals surface area contributed by atoms with E-state index in [2.05, 4.69) is 29.0 Å². The van der Waals surface area contributed by atoms with Gasteiger partial charge in [0.2, 0.25) is 0 Å². The Morgan fingerprint density at radius 2 is 2.00 bits per heavy atom. The molecule has 1 fully saturated rings. The minimum Gasteiger partial charge on any atom is -0.492 e. The van der Waals surface area contributed by atoms with Crippen LogP contribution in [0.3, 0.4) is 0 Å². The summed E-state index contributed by atoms with van der Waals surface area (Å²) in [5.41, 5.74) is 7.08. The van der Waals surface area contributed by atoms with Gasteiger partial charge >= 0.3 is 0 Å². The SMILES string of the molecule is CC(N)Cc1cccc(OCCN2CCN(C)CC2)c1. The number of nitrogens with zero attached hydrogens (tertiary/aromatic N) is 2. The third-order valence-electron chi connectivity index (χ3n) is 3.73. The van der Waals surface area contributed by atoms with Crippen molar-refractivity contribution in [3.05, 3.63) is 29.8 Å². The first-order chi connectivity index (χ1) is 9.63. The van der Waals surface area contributed by atoms with Gasteiger partial charge in [-0.15, -0.1) is 0 Å². The van der Waals surface area contributed by atoms with Gasteiger partial charge in [0.05, 0.1) is 0 Å². The maximum atomic E-state index is 5.86. The van der Waals surface area contributed by atoms with Crippen LogP contribution in [-0.4, -0.2) is 62.2 Å². The molecule has 0 radical (unpaired) electrons. The van der Waals surface area contributed by atoms with E-state index < -0.39 is 0 Å². The molecule has 1 heterocycles. The normalized spacial score (nSPS) is 18.9. The fourth-order valence-electron chi connectivity index (χ4n) is 2.50. The number of ether oxygens (including phenoxy) is 1. The summed E-state index contributed by atoms with van der Waals surface area (Å²) < 4.78 is 5.86. The molecular formula is C16H27N3O. The quantitative estimate of drug-likeness (QED) is 0.848. The summed E-state index contributed by atoms with van der Waals surface area (Å²) in [6.45, 7) is 8.39. The van der Waals surface area contributed by atoms with Gasteiger partial charge in [-0.3, -0.25) is 4.90 Å². The van der Waals surface area contributed by atoms with Crippen LogP contribution in [0.25, 0.3) is 0 Å². The second kappa shape index (κ2) is 7.62. The summed E-state index contributed by atoms with van der Waals surface area (Å²) in [5, 5.41) is 0. The summed E-state index contributed by atoms with van der Waals surface area (Å²) in [6.07, 6.45) is 0.898. The minimum atomic E-state index is 0.190. The molecule has 0 bridgehead atoms. The zero-order valence-electron chi connectivity index (χ0n) is 12.7. The second-order valence-corrected chi connectivity index (χ2v) is 5.82. The average molecular weight is 277 g/mol. The predicted octanol–water partition coefficient (Wildman–Crippen LogP) is 1.20. The van der Waals surface area contributed by atoms with Gasteiger partial charge in [-0.1, -0.05) is 12.1 Å². The lowest BCUT2D eigenvalue weighted by atomic mass is 10.1. The molecule has 2 rings (SSSR count). The van der Waals surface area contributed by atoms with E-state index in [0.717, 1.165) is 51.5 Å². The molecule has 0 amide bonds. The number of benzene rings is 1. The molecule has 112 valence electrons. The molecule has 1 aliphatic rings. The van der Waals surface area contributed by atoms with Gasteiger partial charge in [0.15, 0.2) is 0 Å². The van der Waals surface area contributed by atoms with E-state index in [-0.39, 0.29) is 6.04 Å². The molecule has 0 spiro atoms. The Kier molecular flexibility index (Phi) is 5.83. The van der Waals surface area contributed by atoms with Crippen molar-refractivity contribution in [1.82, 2.24) is 9.80 Å². The topological polar surface area (TPSA) is 41.7 Å². The van der Waals surface area contributed by atoms with Crippen molar-refractivity contribution >= 4 is 0 Å². The number of nitrogens with two attached hydrogens (primary N) is 1. The van der Waals surface area contributed by atoms with Crippen LogP contribution in [0, 0.1) is 0 Å². The Labute approximate surface area is 122 Å². The van der Waals surface area contributed by atoms with Crippen LogP contribution >= 0.6 is 0 Å². The van der Waals surface area contributed by atoms with Gasteiger partial charge < -0.3 is 15.4 Å². The molecule has 20 heavy (non-hydrogen) atoms. The predicted molar refractivity (Wildman–Crippen MR) is 83.2 cm³/mol. The molecular weight excluding hydrogens is 250 g/mol. The highest BCUT2D eigenvalue weighted by Crippen LogP contribution is 2.14. The average Bonchev–Trinajstić information content (AvgIpc) is 2.41. The molecule has 1 aliphatic heterocycles. The van der Waals surface area contributed by atoms with Crippen LogP contribution in [-0.2, 0) is 6.42 Å². The van der Waals surface area contributed by atoms with Gasteiger partial charge in [0.25, 0.3) is 0 Å². The van der Waals surface area contributed by atoms with E-state index in [4.69, 9.17) is 10.5 Å². The van der Waals surface area contributed by atoms with Crippen molar-refractivity contribution in [2.45, 2.75) is 19.4 Å². The van der Waals surface area contributed by atoms with Gasteiger partial charge in [-0.05, 0) is 38.1 Å². The highest BCUT2D eigenvalue weighted by molar-refractivity contribution is 5.29. The first kappa shape index (κ1) is 15.3. The maximum absolute atomic E-state index is 5.86. The van der Waals surface area contributed by atoms with E-state index in [9.17, 15) is 0 Å². The van der Waals surface area contributed by atoms with Crippen molar-refractivity contribution in [3.8, 4) is 5.75 Å². The maximum Gasteiger partial charge on any atom is 0.119 e. The summed E-state index contributed by atoms with van der Waals surface area (Å²) in [4.78, 5) is 4.83. The molecule has 1 aromatic rings. The second-order valence-electron chi connectivity index (χ2n) is 5.82. The lowest BCUT2D eigenvalue weighted by Crippen LogP contribution is -2.45. The van der Waals surface area contributed by atoms with E-state index in [0.29, 0.717) is 0 Å². The van der Waals surface area contributed by atoms with Gasteiger partial charge in [0, 0.05) is 38.8 Å². The van der Waals surface area contributed by atoms with E-state index >= 15 is 0 Å². The largest absolute Gasteiger partial charge is 0.492 e. The van der Waals surface area contributed by atoms with Crippen LogP contribution < -0.4 is 10.5 Å². The molecule has 1 saturated heterocycles. The number of likely N-dealkylation sites (N-methyl/N-ethyl adjacent to an activating group) is 1. The van der Waals surface area contributed by atoms with Crippen LogP contribution in [0.4, 0.5) is 0 Å². The van der Waals surface area contributed by atoms with Crippen molar-refractivity contribution < 1.29 is 4.74 Å². The Balaban J connectivity index is 1.73. The molecule has 1 unspecified atom stereocenters. The monoisotopic (exact) mass is 277 g/mol. The Morgan fingerprint density at radius 3 is 2.70 bits per heavy atom. The molecule has 4 heteroatoms. The van der Waals surface area contributed by atoms with Gasteiger partial charge in [-0.25, -0.2) is 0 Å². The molecule has 0 saturated carbocycles. The smallest absolute Gasteiger partial charge is 0.119 e. The summed E-state index contributed by atoms with van der Waals surface area (Å²) >= 11 is 0. The first-order valence-corrected chi connectivity index (χ1v) is 7.52. The van der Waals surface area contributed by atoms with Gasteiger partial charge in [-0.2, -0.15) is 0 Å². The summed E-state index contributed by atoms with van der Waals surface area (Å²) in [5.74, 6) is 0.956. The Bertz CT molecular complexity index is 400. The molecule has 1 atom stereocenters. The van der Waals surface area contributed by atoms with Crippen molar-refractivity contribution in [2.24, 2.45) is 5.73 Å². The fraction of sp³-hybridized carbons (Fsp3) is 0.625.